The maximum Gasteiger partial charge on any atom is 0.472 e. The molecule has 9 nitrogen and oxygen atoms in total. The van der Waals surface area contributed by atoms with Gasteiger partial charge in [-0.15, -0.1) is 0 Å². The van der Waals surface area contributed by atoms with Crippen LogP contribution in [0.3, 0.4) is 0 Å². The molecule has 0 saturated heterocycles. The van der Waals surface area contributed by atoms with Crippen molar-refractivity contribution in [3.8, 4) is 0 Å². The molecule has 83 heavy (non-hydrogen) atoms. The first-order chi connectivity index (χ1) is 40.8. The normalized spacial score (nSPS) is 14.3. The Hall–Kier alpha value is -5.15. The van der Waals surface area contributed by atoms with E-state index < -0.39 is 32.5 Å². The molecule has 10 heteroatoms. The van der Waals surface area contributed by atoms with E-state index in [1.54, 1.807) is 0 Å². The molecule has 0 aromatic carbocycles. The van der Waals surface area contributed by atoms with Crippen molar-refractivity contribution in [1.82, 2.24) is 0 Å². The molecular weight excluding hydrogens is 1050 g/mol. The van der Waals surface area contributed by atoms with Crippen LogP contribution < -0.4 is 5.73 Å². The van der Waals surface area contributed by atoms with Gasteiger partial charge in [0.15, 0.2) is 6.10 Å². The third kappa shape index (κ3) is 65.9. The molecule has 0 spiro atoms. The van der Waals surface area contributed by atoms with Gasteiger partial charge in [-0.2, -0.15) is 0 Å². The van der Waals surface area contributed by atoms with E-state index in [1.165, 1.54) is 38.5 Å². The van der Waals surface area contributed by atoms with Crippen molar-refractivity contribution in [2.24, 2.45) is 5.73 Å². The van der Waals surface area contributed by atoms with Crippen molar-refractivity contribution in [3.63, 3.8) is 0 Å². The molecule has 464 valence electrons. The molecular formula is C73H114NO8P. The molecule has 0 heterocycles. The zero-order chi connectivity index (χ0) is 60.1. The maximum atomic E-state index is 12.7. The smallest absolute Gasteiger partial charge is 0.462 e. The summed E-state index contributed by atoms with van der Waals surface area (Å²) >= 11 is 0. The Labute approximate surface area is 506 Å². The van der Waals surface area contributed by atoms with Gasteiger partial charge in [0.1, 0.15) is 6.61 Å². The highest BCUT2D eigenvalue weighted by Gasteiger charge is 2.26. The fourth-order valence-electron chi connectivity index (χ4n) is 7.84. The third-order valence-electron chi connectivity index (χ3n) is 12.5. The molecule has 0 rings (SSSR count). The summed E-state index contributed by atoms with van der Waals surface area (Å²) in [6, 6.07) is 0. The molecule has 0 aliphatic rings. The van der Waals surface area contributed by atoms with Crippen molar-refractivity contribution >= 4 is 19.8 Å². The quantitative estimate of drug-likeness (QED) is 0.0264. The Morgan fingerprint density at radius 3 is 0.952 bits per heavy atom. The van der Waals surface area contributed by atoms with Crippen LogP contribution in [0.5, 0.6) is 0 Å². The van der Waals surface area contributed by atoms with Crippen molar-refractivity contribution in [1.29, 1.82) is 0 Å². The minimum Gasteiger partial charge on any atom is -0.462 e. The monoisotopic (exact) mass is 1160 g/mol. The Bertz CT molecular complexity index is 2060. The average molecular weight is 1160 g/mol. The largest absolute Gasteiger partial charge is 0.472 e. The van der Waals surface area contributed by atoms with E-state index in [2.05, 4.69) is 208 Å². The first-order valence-corrected chi connectivity index (χ1v) is 33.4. The van der Waals surface area contributed by atoms with E-state index in [0.29, 0.717) is 12.8 Å². The van der Waals surface area contributed by atoms with E-state index in [9.17, 15) is 19.0 Å². The average Bonchev–Trinajstić information content (AvgIpc) is 3.49. The summed E-state index contributed by atoms with van der Waals surface area (Å²) in [5.74, 6) is -0.899. The van der Waals surface area contributed by atoms with Gasteiger partial charge in [-0.3, -0.25) is 18.6 Å². The number of hydrogen-bond acceptors (Lipinski definition) is 8. The van der Waals surface area contributed by atoms with Crippen LogP contribution in [0.4, 0.5) is 0 Å². The van der Waals surface area contributed by atoms with Gasteiger partial charge in [-0.1, -0.05) is 260 Å². The van der Waals surface area contributed by atoms with E-state index >= 15 is 0 Å². The highest BCUT2D eigenvalue weighted by atomic mass is 31.2. The summed E-state index contributed by atoms with van der Waals surface area (Å²) in [6.45, 7) is 3.43. The van der Waals surface area contributed by atoms with Gasteiger partial charge in [0, 0.05) is 19.4 Å². The lowest BCUT2D eigenvalue weighted by Crippen LogP contribution is -2.29. The number of rotatable bonds is 57. The molecule has 0 fully saturated rings. The molecule has 0 amide bonds. The van der Waals surface area contributed by atoms with E-state index in [1.807, 2.05) is 0 Å². The van der Waals surface area contributed by atoms with Crippen LogP contribution in [0.25, 0.3) is 0 Å². The van der Waals surface area contributed by atoms with Crippen molar-refractivity contribution in [3.05, 3.63) is 194 Å². The molecule has 0 bridgehead atoms. The molecule has 0 aromatic rings. The van der Waals surface area contributed by atoms with E-state index in [4.69, 9.17) is 24.3 Å². The lowest BCUT2D eigenvalue weighted by atomic mass is 10.0. The number of esters is 2. The second kappa shape index (κ2) is 66.0. The maximum absolute atomic E-state index is 12.7. The highest BCUT2D eigenvalue weighted by Crippen LogP contribution is 2.43. The SMILES string of the molecule is CC/C=C\C/C=C\C/C=C\C/C=C\C/C=C\C/C=C\C/C=C\C/C=C\C/C=C\C/C=C\CCCCCCCCCCCCC(=O)OC(COC(=O)CCCC/C=C\C/C=C\C/C=C\C/C=C\C/C=C\C/C=C\CC)COP(=O)(O)OCCN. The fraction of sp³-hybridized carbons (Fsp3) is 0.534. The fourth-order valence-corrected chi connectivity index (χ4v) is 8.61. The molecule has 3 N–H and O–H groups in total. The summed E-state index contributed by atoms with van der Waals surface area (Å²) < 4.78 is 33.0. The predicted octanol–water partition coefficient (Wildman–Crippen LogP) is 21.0. The van der Waals surface area contributed by atoms with Crippen molar-refractivity contribution < 1.29 is 37.6 Å². The van der Waals surface area contributed by atoms with E-state index in [0.717, 1.165) is 141 Å². The van der Waals surface area contributed by atoms with Gasteiger partial charge >= 0.3 is 19.8 Å². The number of phosphoric acid groups is 1. The van der Waals surface area contributed by atoms with Crippen LogP contribution in [0.15, 0.2) is 194 Å². The predicted molar refractivity (Wildman–Crippen MR) is 357 cm³/mol. The van der Waals surface area contributed by atoms with Crippen LogP contribution in [-0.2, 0) is 32.7 Å². The van der Waals surface area contributed by atoms with Gasteiger partial charge < -0.3 is 20.1 Å². The van der Waals surface area contributed by atoms with Crippen molar-refractivity contribution in [2.75, 3.05) is 26.4 Å². The lowest BCUT2D eigenvalue weighted by Gasteiger charge is -2.19. The number of allylic oxidation sites excluding steroid dienone is 32. The molecule has 2 unspecified atom stereocenters. The molecule has 0 radical (unpaired) electrons. The number of unbranched alkanes of at least 4 members (excludes halogenated alkanes) is 12. The lowest BCUT2D eigenvalue weighted by molar-refractivity contribution is -0.161. The number of nitrogens with two attached hydrogens (primary N) is 1. The minimum absolute atomic E-state index is 0.0362. The molecule has 0 aliphatic carbocycles. The Morgan fingerprint density at radius 1 is 0.361 bits per heavy atom. The number of carbonyl (C=O) groups excluding carboxylic acids is 2. The zero-order valence-corrected chi connectivity index (χ0v) is 52.7. The summed E-state index contributed by atoms with van der Waals surface area (Å²) in [6.07, 6.45) is 101. The summed E-state index contributed by atoms with van der Waals surface area (Å²) in [5.41, 5.74) is 5.38. The van der Waals surface area contributed by atoms with Crippen LogP contribution in [-0.4, -0.2) is 49.3 Å². The minimum atomic E-state index is -4.42. The van der Waals surface area contributed by atoms with Gasteiger partial charge in [0.2, 0.25) is 0 Å². The second-order valence-corrected chi connectivity index (χ2v) is 21.6. The number of carbonyl (C=O) groups is 2. The van der Waals surface area contributed by atoms with E-state index in [-0.39, 0.29) is 32.6 Å². The third-order valence-corrected chi connectivity index (χ3v) is 13.5. The van der Waals surface area contributed by atoms with Crippen LogP contribution in [0, 0.1) is 0 Å². The van der Waals surface area contributed by atoms with Crippen LogP contribution >= 0.6 is 7.82 Å². The standard InChI is InChI=1S/C73H114NO8P/c1-3-5-7-9-11-13-15-17-19-21-23-25-26-27-28-29-30-31-32-33-34-35-36-37-38-39-40-41-42-43-44-46-48-50-52-54-56-58-60-62-64-66-73(76)82-71(70-81-83(77,78)80-68-67-74)69-79-72(75)65-63-61-59-57-55-53-51-49-47-45-24-22-20-18-16-14-12-10-8-6-4-2/h5-8,11-14,17-20,23-25,27-28,30-31,33-34,36-37,39-40,42-43,45,49,51,55,57,71H,3-4,9-10,15-16,21-22,26,29,32,35,38,41,44,46-48,50,52-54,56,58-70,74H2,1-2H3,(H,77,78)/b7-5-,8-6-,13-11-,14-12-,19-17-,20-18-,25-23-,28-27-,31-30-,34-33-,37-36-,40-39-,43-42-,45-24-,51-49-,57-55-. The number of ether oxygens (including phenoxy) is 2. The number of hydrogen-bond donors (Lipinski definition) is 2. The number of phosphoric ester groups is 1. The van der Waals surface area contributed by atoms with Gasteiger partial charge in [-0.25, -0.2) is 4.57 Å². The molecule has 2 atom stereocenters. The second-order valence-electron chi connectivity index (χ2n) is 20.2. The Kier molecular flexibility index (Phi) is 61.9. The first kappa shape index (κ1) is 77.9. The summed E-state index contributed by atoms with van der Waals surface area (Å²) in [5, 5.41) is 0. The Morgan fingerprint density at radius 2 is 0.627 bits per heavy atom. The first-order valence-electron chi connectivity index (χ1n) is 31.9. The summed E-state index contributed by atoms with van der Waals surface area (Å²) in [4.78, 5) is 35.2. The molecule has 0 aromatic heterocycles. The molecule has 0 saturated carbocycles. The Balaban J connectivity index is 4.04. The zero-order valence-electron chi connectivity index (χ0n) is 51.8. The molecule has 0 aliphatic heterocycles. The topological polar surface area (TPSA) is 134 Å². The van der Waals surface area contributed by atoms with Gasteiger partial charge in [0.25, 0.3) is 0 Å². The van der Waals surface area contributed by atoms with Gasteiger partial charge in [0.05, 0.1) is 13.2 Å². The summed E-state index contributed by atoms with van der Waals surface area (Å²) in [7, 11) is -4.42. The van der Waals surface area contributed by atoms with Crippen molar-refractivity contribution in [2.45, 2.75) is 225 Å². The van der Waals surface area contributed by atoms with Gasteiger partial charge in [-0.05, 0) is 141 Å². The van der Waals surface area contributed by atoms with Crippen LogP contribution in [0.1, 0.15) is 219 Å². The highest BCUT2D eigenvalue weighted by molar-refractivity contribution is 7.47. The van der Waals surface area contributed by atoms with Crippen LogP contribution in [0.2, 0.25) is 0 Å².